The van der Waals surface area contributed by atoms with Gasteiger partial charge in [0.1, 0.15) is 0 Å². The number of nitrogens with zero attached hydrogens (tertiary/aromatic N) is 3. The van der Waals surface area contributed by atoms with E-state index in [4.69, 9.17) is 5.11 Å². The molecule has 0 saturated carbocycles. The number of alkyl halides is 3. The second-order valence-electron chi connectivity index (χ2n) is 4.39. The molecule has 0 bridgehead atoms. The molecule has 5 nitrogen and oxygen atoms in total. The van der Waals surface area contributed by atoms with Crippen molar-refractivity contribution in [1.29, 1.82) is 0 Å². The molecule has 1 N–H and O–H groups in total. The molecule has 0 fully saturated rings. The quantitative estimate of drug-likeness (QED) is 0.808. The van der Waals surface area contributed by atoms with Gasteiger partial charge in [-0.15, -0.1) is 11.3 Å². The number of imidazole rings is 1. The summed E-state index contributed by atoms with van der Waals surface area (Å²) >= 11 is 1.40. The fraction of sp³-hybridized carbons (Fsp3) is 0.167. The standard InChI is InChI=1S/C12H8F3N3O2S/c13-12(14,15)9-6-17(5-8(9)10(19)20)3-7-4-18-1-2-21-11(18)16-7/h1-2,4-6H,3H2,(H,19,20). The Hall–Kier alpha value is -2.29. The van der Waals surface area contributed by atoms with Gasteiger partial charge in [0, 0.05) is 30.2 Å². The highest BCUT2D eigenvalue weighted by Crippen LogP contribution is 2.32. The van der Waals surface area contributed by atoms with Crippen molar-refractivity contribution < 1.29 is 23.1 Å². The Labute approximate surface area is 119 Å². The minimum Gasteiger partial charge on any atom is -0.478 e. The van der Waals surface area contributed by atoms with Crippen LogP contribution in [0.5, 0.6) is 0 Å². The minimum atomic E-state index is -4.70. The second-order valence-corrected chi connectivity index (χ2v) is 5.26. The van der Waals surface area contributed by atoms with E-state index in [0.29, 0.717) is 5.69 Å². The van der Waals surface area contributed by atoms with Gasteiger partial charge in [-0.25, -0.2) is 9.78 Å². The van der Waals surface area contributed by atoms with E-state index in [1.54, 1.807) is 16.8 Å². The van der Waals surface area contributed by atoms with Crippen molar-refractivity contribution >= 4 is 22.3 Å². The molecule has 0 aliphatic heterocycles. The Morgan fingerprint density at radius 1 is 1.33 bits per heavy atom. The first-order valence-corrected chi connectivity index (χ1v) is 6.64. The van der Waals surface area contributed by atoms with Crippen molar-refractivity contribution in [1.82, 2.24) is 14.0 Å². The maximum Gasteiger partial charge on any atom is 0.418 e. The van der Waals surface area contributed by atoms with Gasteiger partial charge in [0.2, 0.25) is 0 Å². The molecule has 0 aliphatic carbocycles. The molecule has 0 radical (unpaired) electrons. The normalized spacial score (nSPS) is 12.1. The van der Waals surface area contributed by atoms with Gasteiger partial charge in [-0.1, -0.05) is 0 Å². The lowest BCUT2D eigenvalue weighted by atomic mass is 10.2. The van der Waals surface area contributed by atoms with Crippen LogP contribution in [0.25, 0.3) is 4.96 Å². The third-order valence-corrected chi connectivity index (χ3v) is 3.67. The summed E-state index contributed by atoms with van der Waals surface area (Å²) < 4.78 is 41.3. The first-order chi connectivity index (χ1) is 9.84. The maximum atomic E-state index is 12.8. The lowest BCUT2D eigenvalue weighted by Crippen LogP contribution is -2.09. The summed E-state index contributed by atoms with van der Waals surface area (Å²) in [5, 5.41) is 10.7. The highest BCUT2D eigenvalue weighted by molar-refractivity contribution is 7.15. The molecular weight excluding hydrogens is 307 g/mol. The number of aromatic carboxylic acids is 1. The van der Waals surface area contributed by atoms with E-state index in [9.17, 15) is 18.0 Å². The summed E-state index contributed by atoms with van der Waals surface area (Å²) in [6.45, 7) is 0.0742. The summed E-state index contributed by atoms with van der Waals surface area (Å²) in [6, 6.07) is 0. The van der Waals surface area contributed by atoms with Gasteiger partial charge in [0.05, 0.1) is 23.4 Å². The lowest BCUT2D eigenvalue weighted by Gasteiger charge is -2.04. The van der Waals surface area contributed by atoms with E-state index < -0.39 is 23.3 Å². The van der Waals surface area contributed by atoms with E-state index in [1.807, 2.05) is 5.38 Å². The number of halogens is 3. The maximum absolute atomic E-state index is 12.8. The summed E-state index contributed by atoms with van der Waals surface area (Å²) in [5.41, 5.74) is -1.36. The van der Waals surface area contributed by atoms with Crippen molar-refractivity contribution in [2.45, 2.75) is 12.7 Å². The molecule has 110 valence electrons. The topological polar surface area (TPSA) is 59.5 Å². The van der Waals surface area contributed by atoms with E-state index in [0.717, 1.165) is 17.4 Å². The molecule has 3 rings (SSSR count). The van der Waals surface area contributed by atoms with Crippen LogP contribution in [0.1, 0.15) is 21.6 Å². The van der Waals surface area contributed by atoms with Gasteiger partial charge in [-0.2, -0.15) is 13.2 Å². The molecule has 21 heavy (non-hydrogen) atoms. The summed E-state index contributed by atoms with van der Waals surface area (Å²) in [5.74, 6) is -1.60. The Kier molecular flexibility index (Phi) is 3.01. The van der Waals surface area contributed by atoms with E-state index in [-0.39, 0.29) is 6.54 Å². The molecule has 0 atom stereocenters. The second kappa shape index (κ2) is 4.62. The number of aromatic nitrogens is 3. The molecule has 0 aliphatic rings. The van der Waals surface area contributed by atoms with Gasteiger partial charge in [-0.3, -0.25) is 4.40 Å². The number of carboxylic acid groups (broad SMARTS) is 1. The zero-order valence-corrected chi connectivity index (χ0v) is 11.1. The van der Waals surface area contributed by atoms with Gasteiger partial charge >= 0.3 is 12.1 Å². The van der Waals surface area contributed by atoms with Crippen LogP contribution >= 0.6 is 11.3 Å². The SMILES string of the molecule is O=C(O)c1cn(Cc2cn3ccsc3n2)cc1C(F)(F)F. The summed E-state index contributed by atoms with van der Waals surface area (Å²) in [4.78, 5) is 15.9. The number of hydrogen-bond donors (Lipinski definition) is 1. The number of rotatable bonds is 3. The Bertz CT molecular complexity index is 787. The fourth-order valence-electron chi connectivity index (χ4n) is 2.03. The van der Waals surface area contributed by atoms with Gasteiger partial charge in [0.25, 0.3) is 0 Å². The molecule has 3 heterocycles. The van der Waals surface area contributed by atoms with E-state index >= 15 is 0 Å². The zero-order chi connectivity index (χ0) is 15.2. The third kappa shape index (κ3) is 2.51. The van der Waals surface area contributed by atoms with Gasteiger partial charge in [0.15, 0.2) is 4.96 Å². The van der Waals surface area contributed by atoms with Crippen LogP contribution in [-0.4, -0.2) is 25.0 Å². The molecule has 3 aromatic heterocycles. The lowest BCUT2D eigenvalue weighted by molar-refractivity contribution is -0.138. The monoisotopic (exact) mass is 315 g/mol. The molecule has 0 saturated heterocycles. The predicted molar refractivity (Wildman–Crippen MR) is 68.6 cm³/mol. The van der Waals surface area contributed by atoms with Crippen LogP contribution in [-0.2, 0) is 12.7 Å². The summed E-state index contributed by atoms with van der Waals surface area (Å²) in [7, 11) is 0. The average molecular weight is 315 g/mol. The van der Waals surface area contributed by atoms with Crippen LogP contribution in [0, 0.1) is 0 Å². The minimum absolute atomic E-state index is 0.0742. The number of thiazole rings is 1. The van der Waals surface area contributed by atoms with Crippen molar-refractivity contribution in [2.24, 2.45) is 0 Å². The molecule has 9 heteroatoms. The average Bonchev–Trinajstić information content (AvgIpc) is 3.00. The van der Waals surface area contributed by atoms with Crippen molar-refractivity contribution in [2.75, 3.05) is 0 Å². The van der Waals surface area contributed by atoms with Crippen molar-refractivity contribution in [3.05, 3.63) is 47.0 Å². The molecule has 0 aromatic carbocycles. The van der Waals surface area contributed by atoms with Crippen LogP contribution < -0.4 is 0 Å². The zero-order valence-electron chi connectivity index (χ0n) is 10.3. The van der Waals surface area contributed by atoms with Crippen LogP contribution in [0.3, 0.4) is 0 Å². The predicted octanol–water partition coefficient (Wildman–Crippen LogP) is 2.96. The molecular formula is C12H8F3N3O2S. The first kappa shape index (κ1) is 13.7. The fourth-order valence-corrected chi connectivity index (χ4v) is 2.75. The molecule has 0 unspecified atom stereocenters. The highest BCUT2D eigenvalue weighted by atomic mass is 32.1. The largest absolute Gasteiger partial charge is 0.478 e. The van der Waals surface area contributed by atoms with E-state index in [2.05, 4.69) is 4.98 Å². The highest BCUT2D eigenvalue weighted by Gasteiger charge is 2.37. The van der Waals surface area contributed by atoms with Crippen LogP contribution in [0.4, 0.5) is 13.2 Å². The smallest absolute Gasteiger partial charge is 0.418 e. The van der Waals surface area contributed by atoms with E-state index in [1.165, 1.54) is 15.9 Å². The number of fused-ring (bicyclic) bond motifs is 1. The number of hydrogen-bond acceptors (Lipinski definition) is 3. The molecule has 3 aromatic rings. The molecule has 0 amide bonds. The van der Waals surface area contributed by atoms with Crippen molar-refractivity contribution in [3.8, 4) is 0 Å². The van der Waals surface area contributed by atoms with Crippen LogP contribution in [0.15, 0.2) is 30.2 Å². The van der Waals surface area contributed by atoms with Crippen molar-refractivity contribution in [3.63, 3.8) is 0 Å². The van der Waals surface area contributed by atoms with Gasteiger partial charge < -0.3 is 9.67 Å². The first-order valence-electron chi connectivity index (χ1n) is 5.76. The third-order valence-electron chi connectivity index (χ3n) is 2.90. The Morgan fingerprint density at radius 2 is 2.10 bits per heavy atom. The van der Waals surface area contributed by atoms with Gasteiger partial charge in [-0.05, 0) is 0 Å². The summed E-state index contributed by atoms with van der Waals surface area (Å²) in [6.07, 6.45) is 0.540. The van der Waals surface area contributed by atoms with Crippen LogP contribution in [0.2, 0.25) is 0 Å². The molecule has 0 spiro atoms. The Balaban J connectivity index is 1.95. The number of carboxylic acids is 1. The Morgan fingerprint density at radius 3 is 2.67 bits per heavy atom. The number of carbonyl (C=O) groups is 1.